The van der Waals surface area contributed by atoms with Crippen LogP contribution in [0.25, 0.3) is 11.1 Å². The molecule has 1 aromatic heterocycles. The van der Waals surface area contributed by atoms with E-state index in [0.717, 1.165) is 16.7 Å². The predicted octanol–water partition coefficient (Wildman–Crippen LogP) is 4.09. The summed E-state index contributed by atoms with van der Waals surface area (Å²) in [6, 6.07) is 15.5. The fourth-order valence-electron chi connectivity index (χ4n) is 2.51. The third-order valence-corrected chi connectivity index (χ3v) is 4.96. The van der Waals surface area contributed by atoms with Crippen molar-refractivity contribution < 1.29 is 18.7 Å². The molecule has 0 spiro atoms. The molecule has 0 fully saturated rings. The Hall–Kier alpha value is -3.19. The minimum Gasteiger partial charge on any atom is -0.478 e. The van der Waals surface area contributed by atoms with Gasteiger partial charge in [-0.05, 0) is 43.0 Å². The molecule has 0 aliphatic rings. The molecule has 1 atom stereocenters. The van der Waals surface area contributed by atoms with Gasteiger partial charge >= 0.3 is 0 Å². The van der Waals surface area contributed by atoms with Crippen LogP contribution >= 0.6 is 11.3 Å². The predicted molar refractivity (Wildman–Crippen MR) is 107 cm³/mol. The number of nitrogens with one attached hydrogen (secondary N) is 2. The lowest BCUT2D eigenvalue weighted by Crippen LogP contribution is -2.47. The van der Waals surface area contributed by atoms with E-state index in [4.69, 9.17) is 4.74 Å². The highest BCUT2D eigenvalue weighted by molar-refractivity contribution is 7.12. The number of benzene rings is 2. The Labute approximate surface area is 166 Å². The van der Waals surface area contributed by atoms with Crippen LogP contribution in [-0.2, 0) is 4.79 Å². The molecule has 0 saturated carbocycles. The van der Waals surface area contributed by atoms with Crippen molar-refractivity contribution in [3.05, 3.63) is 76.2 Å². The van der Waals surface area contributed by atoms with E-state index in [2.05, 4.69) is 10.9 Å². The first-order valence-electron chi connectivity index (χ1n) is 8.61. The average molecular weight is 398 g/mol. The first kappa shape index (κ1) is 19.6. The van der Waals surface area contributed by atoms with Crippen molar-refractivity contribution in [3.63, 3.8) is 0 Å². The first-order chi connectivity index (χ1) is 13.5. The molecule has 0 aliphatic carbocycles. The van der Waals surface area contributed by atoms with Crippen LogP contribution in [0.3, 0.4) is 0 Å². The van der Waals surface area contributed by atoms with Gasteiger partial charge in [0.2, 0.25) is 0 Å². The van der Waals surface area contributed by atoms with E-state index in [1.807, 2.05) is 42.6 Å². The highest BCUT2D eigenvalue weighted by Gasteiger charge is 2.19. The van der Waals surface area contributed by atoms with E-state index in [1.165, 1.54) is 36.5 Å². The van der Waals surface area contributed by atoms with Gasteiger partial charge in [-0.25, -0.2) is 4.39 Å². The third-order valence-electron chi connectivity index (χ3n) is 4.04. The zero-order valence-electron chi connectivity index (χ0n) is 15.4. The number of amides is 2. The van der Waals surface area contributed by atoms with Crippen molar-refractivity contribution in [3.8, 4) is 16.9 Å². The van der Waals surface area contributed by atoms with E-state index in [0.29, 0.717) is 4.88 Å². The number of rotatable bonds is 5. The van der Waals surface area contributed by atoms with Gasteiger partial charge in [0.25, 0.3) is 11.8 Å². The van der Waals surface area contributed by atoms with Crippen molar-refractivity contribution >= 4 is 23.2 Å². The number of carbonyl (C=O) groups is 2. The summed E-state index contributed by atoms with van der Waals surface area (Å²) < 4.78 is 18.9. The summed E-state index contributed by atoms with van der Waals surface area (Å²) in [6.45, 7) is 3.46. The fourth-order valence-corrected chi connectivity index (χ4v) is 3.32. The summed E-state index contributed by atoms with van der Waals surface area (Å²) in [5, 5.41) is 1.82. The third kappa shape index (κ3) is 4.55. The molecule has 1 heterocycles. The SMILES string of the molecule is Cc1ccc(-c2ccsc2C(=O)NNC(=O)C(C)Oc2ccccc2F)cc1. The summed E-state index contributed by atoms with van der Waals surface area (Å²) in [7, 11) is 0. The number of hydrazine groups is 1. The Balaban J connectivity index is 1.61. The Bertz CT molecular complexity index is 985. The van der Waals surface area contributed by atoms with Crippen LogP contribution < -0.4 is 15.6 Å². The van der Waals surface area contributed by atoms with Crippen LogP contribution in [0.5, 0.6) is 5.75 Å². The molecule has 1 unspecified atom stereocenters. The van der Waals surface area contributed by atoms with E-state index in [1.54, 1.807) is 6.07 Å². The van der Waals surface area contributed by atoms with Gasteiger partial charge in [-0.15, -0.1) is 11.3 Å². The monoisotopic (exact) mass is 398 g/mol. The summed E-state index contributed by atoms with van der Waals surface area (Å²) in [5.41, 5.74) is 7.53. The number of hydrogen-bond donors (Lipinski definition) is 2. The molecule has 3 rings (SSSR count). The smallest absolute Gasteiger partial charge is 0.280 e. The van der Waals surface area contributed by atoms with Gasteiger partial charge in [0.15, 0.2) is 17.7 Å². The van der Waals surface area contributed by atoms with Gasteiger partial charge in [-0.2, -0.15) is 0 Å². The largest absolute Gasteiger partial charge is 0.478 e. The van der Waals surface area contributed by atoms with Crippen molar-refractivity contribution in [2.45, 2.75) is 20.0 Å². The number of halogens is 1. The van der Waals surface area contributed by atoms with Crippen molar-refractivity contribution in [2.75, 3.05) is 0 Å². The van der Waals surface area contributed by atoms with Crippen LogP contribution in [0.1, 0.15) is 22.2 Å². The minimum absolute atomic E-state index is 0.0311. The van der Waals surface area contributed by atoms with Gasteiger partial charge in [-0.3, -0.25) is 20.4 Å². The molecule has 2 aromatic carbocycles. The second-order valence-corrected chi connectivity index (χ2v) is 7.08. The molecule has 144 valence electrons. The van der Waals surface area contributed by atoms with Crippen molar-refractivity contribution in [2.24, 2.45) is 0 Å². The van der Waals surface area contributed by atoms with E-state index in [-0.39, 0.29) is 5.75 Å². The molecule has 0 saturated heterocycles. The Morgan fingerprint density at radius 1 is 1.04 bits per heavy atom. The van der Waals surface area contributed by atoms with Gasteiger partial charge < -0.3 is 4.74 Å². The van der Waals surface area contributed by atoms with Crippen LogP contribution in [0.15, 0.2) is 60.0 Å². The van der Waals surface area contributed by atoms with Crippen LogP contribution in [-0.4, -0.2) is 17.9 Å². The van der Waals surface area contributed by atoms with Gasteiger partial charge in [0.05, 0.1) is 0 Å². The van der Waals surface area contributed by atoms with Gasteiger partial charge in [0, 0.05) is 5.56 Å². The minimum atomic E-state index is -0.989. The summed E-state index contributed by atoms with van der Waals surface area (Å²) in [6.07, 6.45) is -0.989. The summed E-state index contributed by atoms with van der Waals surface area (Å²) in [4.78, 5) is 25.1. The maximum atomic E-state index is 13.6. The van der Waals surface area contributed by atoms with Crippen molar-refractivity contribution in [1.29, 1.82) is 0 Å². The van der Waals surface area contributed by atoms with Crippen LogP contribution in [0.4, 0.5) is 4.39 Å². The molecule has 2 amide bonds. The molecular weight excluding hydrogens is 379 g/mol. The normalized spacial score (nSPS) is 11.5. The van der Waals surface area contributed by atoms with E-state index in [9.17, 15) is 14.0 Å². The quantitative estimate of drug-likeness (QED) is 0.636. The van der Waals surface area contributed by atoms with Crippen LogP contribution in [0.2, 0.25) is 0 Å². The number of thiophene rings is 1. The van der Waals surface area contributed by atoms with E-state index >= 15 is 0 Å². The van der Waals surface area contributed by atoms with Gasteiger partial charge in [0.1, 0.15) is 4.88 Å². The molecule has 0 aliphatic heterocycles. The zero-order chi connectivity index (χ0) is 20.1. The van der Waals surface area contributed by atoms with Gasteiger partial charge in [-0.1, -0.05) is 42.0 Å². The molecule has 0 radical (unpaired) electrons. The molecule has 28 heavy (non-hydrogen) atoms. The topological polar surface area (TPSA) is 67.4 Å². The second kappa shape index (κ2) is 8.67. The van der Waals surface area contributed by atoms with Crippen LogP contribution in [0, 0.1) is 12.7 Å². The lowest BCUT2D eigenvalue weighted by molar-refractivity contribution is -0.128. The van der Waals surface area contributed by atoms with E-state index < -0.39 is 23.7 Å². The Morgan fingerprint density at radius 3 is 2.46 bits per heavy atom. The lowest BCUT2D eigenvalue weighted by Gasteiger charge is -2.15. The highest BCUT2D eigenvalue weighted by Crippen LogP contribution is 2.28. The zero-order valence-corrected chi connectivity index (χ0v) is 16.2. The summed E-state index contributed by atoms with van der Waals surface area (Å²) >= 11 is 1.28. The average Bonchev–Trinajstić information content (AvgIpc) is 3.18. The molecule has 7 heteroatoms. The number of para-hydroxylation sites is 1. The summed E-state index contributed by atoms with van der Waals surface area (Å²) in [5.74, 6) is -1.62. The highest BCUT2D eigenvalue weighted by atomic mass is 32.1. The maximum absolute atomic E-state index is 13.6. The van der Waals surface area contributed by atoms with Crippen molar-refractivity contribution in [1.82, 2.24) is 10.9 Å². The fraction of sp³-hybridized carbons (Fsp3) is 0.143. The number of ether oxygens (including phenoxy) is 1. The molecular formula is C21H19FN2O3S. The second-order valence-electron chi connectivity index (χ2n) is 6.16. The molecule has 2 N–H and O–H groups in total. The Morgan fingerprint density at radius 2 is 1.75 bits per heavy atom. The number of aryl methyl sites for hydroxylation is 1. The molecule has 5 nitrogen and oxygen atoms in total. The maximum Gasteiger partial charge on any atom is 0.280 e. The standard InChI is InChI=1S/C21H19FN2O3S/c1-13-7-9-15(10-8-13)16-11-12-28-19(16)21(26)24-23-20(25)14(2)27-18-6-4-3-5-17(18)22/h3-12,14H,1-2H3,(H,23,25)(H,24,26). The molecule has 0 bridgehead atoms. The Kier molecular flexibility index (Phi) is 6.06. The first-order valence-corrected chi connectivity index (χ1v) is 9.49. The number of carbonyl (C=O) groups excluding carboxylic acids is 2. The molecule has 3 aromatic rings. The lowest BCUT2D eigenvalue weighted by atomic mass is 10.1. The number of hydrogen-bond acceptors (Lipinski definition) is 4.